The van der Waals surface area contributed by atoms with Crippen LogP contribution >= 0.6 is 15.9 Å². The molecule has 1 fully saturated rings. The van der Waals surface area contributed by atoms with E-state index < -0.39 is 10.0 Å². The van der Waals surface area contributed by atoms with E-state index in [1.54, 1.807) is 13.0 Å². The van der Waals surface area contributed by atoms with E-state index in [1.165, 1.54) is 6.07 Å². The molecular weight excluding hydrogens is 344 g/mol. The fourth-order valence-corrected chi connectivity index (χ4v) is 3.58. The van der Waals surface area contributed by atoms with Gasteiger partial charge in [0.2, 0.25) is 15.9 Å². The number of nitrogens with one attached hydrogen (secondary N) is 1. The Morgan fingerprint density at radius 1 is 1.45 bits per heavy atom. The van der Waals surface area contributed by atoms with E-state index in [-0.39, 0.29) is 22.1 Å². The molecule has 0 heterocycles. The molecule has 1 saturated carbocycles. The van der Waals surface area contributed by atoms with Crippen LogP contribution in [0.4, 0.5) is 5.69 Å². The minimum atomic E-state index is -3.77. The average Bonchev–Trinajstić information content (AvgIpc) is 2.91. The Labute approximate surface area is 127 Å². The van der Waals surface area contributed by atoms with Crippen LogP contribution in [0.1, 0.15) is 25.8 Å². The molecule has 3 N–H and O–H groups in total. The van der Waals surface area contributed by atoms with Gasteiger partial charge in [0.15, 0.2) is 0 Å². The second-order valence-electron chi connectivity index (χ2n) is 5.88. The number of carbonyl (C=O) groups excluding carboxylic acids is 1. The lowest BCUT2D eigenvalue weighted by atomic mass is 10.1. The third-order valence-corrected chi connectivity index (χ3v) is 5.37. The number of amides is 1. The van der Waals surface area contributed by atoms with E-state index in [4.69, 9.17) is 5.14 Å². The van der Waals surface area contributed by atoms with Crippen molar-refractivity contribution in [3.05, 3.63) is 22.2 Å². The molecule has 0 aromatic heterocycles. The van der Waals surface area contributed by atoms with Crippen LogP contribution in [-0.2, 0) is 14.8 Å². The number of benzene rings is 1. The largest absolute Gasteiger partial charge is 0.325 e. The van der Waals surface area contributed by atoms with E-state index in [0.29, 0.717) is 15.7 Å². The third-order valence-electron chi connectivity index (χ3n) is 3.66. The number of anilines is 1. The molecule has 20 heavy (non-hydrogen) atoms. The van der Waals surface area contributed by atoms with E-state index in [9.17, 15) is 13.2 Å². The maximum absolute atomic E-state index is 12.1. The highest BCUT2D eigenvalue weighted by Gasteiger charge is 2.50. The monoisotopic (exact) mass is 360 g/mol. The highest BCUT2D eigenvalue weighted by atomic mass is 79.9. The van der Waals surface area contributed by atoms with Gasteiger partial charge < -0.3 is 5.32 Å². The van der Waals surface area contributed by atoms with Gasteiger partial charge >= 0.3 is 0 Å². The van der Waals surface area contributed by atoms with Crippen molar-refractivity contribution in [2.45, 2.75) is 32.1 Å². The summed E-state index contributed by atoms with van der Waals surface area (Å²) < 4.78 is 23.3. The standard InChI is InChI=1S/C13H17BrN2O3S/c1-7-4-10(9(14)5-11(7)20(15,18)19)16-12(17)8-6-13(8,2)3/h4-5,8H,6H2,1-3H3,(H,16,17)(H2,15,18,19). The topological polar surface area (TPSA) is 89.3 Å². The first-order valence-corrected chi connectivity index (χ1v) is 8.50. The number of rotatable bonds is 3. The minimum absolute atomic E-state index is 0.00706. The fraction of sp³-hybridized carbons (Fsp3) is 0.462. The molecule has 0 saturated heterocycles. The van der Waals surface area contributed by atoms with Crippen molar-refractivity contribution >= 4 is 37.5 Å². The predicted molar refractivity (Wildman–Crippen MR) is 80.8 cm³/mol. The minimum Gasteiger partial charge on any atom is -0.325 e. The number of primary sulfonamides is 1. The Bertz CT molecular complexity index is 683. The first-order valence-electron chi connectivity index (χ1n) is 6.16. The number of halogens is 1. The van der Waals surface area contributed by atoms with Crippen molar-refractivity contribution in [2.24, 2.45) is 16.5 Å². The van der Waals surface area contributed by atoms with Crippen LogP contribution < -0.4 is 10.5 Å². The Balaban J connectivity index is 2.27. The van der Waals surface area contributed by atoms with Crippen LogP contribution in [0.5, 0.6) is 0 Å². The van der Waals surface area contributed by atoms with Crippen molar-refractivity contribution in [3.8, 4) is 0 Å². The van der Waals surface area contributed by atoms with Gasteiger partial charge in [0, 0.05) is 10.4 Å². The summed E-state index contributed by atoms with van der Waals surface area (Å²) >= 11 is 3.27. The number of sulfonamides is 1. The highest BCUT2D eigenvalue weighted by molar-refractivity contribution is 9.10. The number of aryl methyl sites for hydroxylation is 1. The molecule has 0 bridgehead atoms. The molecule has 7 heteroatoms. The molecule has 0 spiro atoms. The molecule has 1 aliphatic rings. The smallest absolute Gasteiger partial charge is 0.238 e. The molecule has 1 aromatic carbocycles. The van der Waals surface area contributed by atoms with E-state index >= 15 is 0 Å². The summed E-state index contributed by atoms with van der Waals surface area (Å²) in [5.41, 5.74) is 1.11. The predicted octanol–water partition coefficient (Wildman–Crippen LogP) is 2.39. The zero-order valence-electron chi connectivity index (χ0n) is 11.5. The van der Waals surface area contributed by atoms with Gasteiger partial charge in [-0.2, -0.15) is 0 Å². The van der Waals surface area contributed by atoms with Crippen LogP contribution in [0, 0.1) is 18.3 Å². The molecule has 110 valence electrons. The molecule has 0 radical (unpaired) electrons. The quantitative estimate of drug-likeness (QED) is 0.866. The lowest BCUT2D eigenvalue weighted by molar-refractivity contribution is -0.118. The van der Waals surface area contributed by atoms with Crippen molar-refractivity contribution in [1.29, 1.82) is 0 Å². The Hall–Kier alpha value is -0.920. The lowest BCUT2D eigenvalue weighted by Crippen LogP contribution is -2.18. The summed E-state index contributed by atoms with van der Waals surface area (Å²) in [4.78, 5) is 12.1. The Morgan fingerprint density at radius 3 is 2.45 bits per heavy atom. The van der Waals surface area contributed by atoms with Gasteiger partial charge in [-0.05, 0) is 52.4 Å². The van der Waals surface area contributed by atoms with Crippen molar-refractivity contribution in [1.82, 2.24) is 0 Å². The zero-order valence-corrected chi connectivity index (χ0v) is 13.9. The maximum Gasteiger partial charge on any atom is 0.238 e. The first kappa shape index (κ1) is 15.5. The summed E-state index contributed by atoms with van der Waals surface area (Å²) in [6, 6.07) is 3.02. The van der Waals surface area contributed by atoms with Crippen LogP contribution in [-0.4, -0.2) is 14.3 Å². The van der Waals surface area contributed by atoms with Crippen LogP contribution in [0.2, 0.25) is 0 Å². The third kappa shape index (κ3) is 3.05. The average molecular weight is 361 g/mol. The van der Waals surface area contributed by atoms with Gasteiger partial charge in [0.05, 0.1) is 10.6 Å². The van der Waals surface area contributed by atoms with Gasteiger partial charge in [0.1, 0.15) is 0 Å². The summed E-state index contributed by atoms with van der Waals surface area (Å²) in [7, 11) is -3.77. The molecule has 5 nitrogen and oxygen atoms in total. The van der Waals surface area contributed by atoms with Gasteiger partial charge in [-0.25, -0.2) is 13.6 Å². The van der Waals surface area contributed by atoms with Crippen LogP contribution in [0.3, 0.4) is 0 Å². The lowest BCUT2D eigenvalue weighted by Gasteiger charge is -2.12. The van der Waals surface area contributed by atoms with Crippen LogP contribution in [0.25, 0.3) is 0 Å². The Morgan fingerprint density at radius 2 is 2.00 bits per heavy atom. The second-order valence-corrected chi connectivity index (χ2v) is 8.26. The number of hydrogen-bond donors (Lipinski definition) is 2. The second kappa shape index (κ2) is 4.82. The van der Waals surface area contributed by atoms with E-state index in [1.807, 2.05) is 13.8 Å². The van der Waals surface area contributed by atoms with Gasteiger partial charge in [-0.3, -0.25) is 4.79 Å². The molecule has 2 rings (SSSR count). The molecule has 1 unspecified atom stereocenters. The highest BCUT2D eigenvalue weighted by Crippen LogP contribution is 2.52. The van der Waals surface area contributed by atoms with E-state index in [0.717, 1.165) is 6.42 Å². The summed E-state index contributed by atoms with van der Waals surface area (Å²) in [6.07, 6.45) is 0.866. The first-order chi connectivity index (χ1) is 9.02. The van der Waals surface area contributed by atoms with Crippen molar-refractivity contribution in [3.63, 3.8) is 0 Å². The zero-order chi connectivity index (χ0) is 15.3. The SMILES string of the molecule is Cc1cc(NC(=O)C2CC2(C)C)c(Br)cc1S(N)(=O)=O. The van der Waals surface area contributed by atoms with E-state index in [2.05, 4.69) is 21.2 Å². The molecule has 0 aliphatic heterocycles. The van der Waals surface area contributed by atoms with Gasteiger partial charge in [-0.1, -0.05) is 13.8 Å². The van der Waals surface area contributed by atoms with Gasteiger partial charge in [-0.15, -0.1) is 0 Å². The maximum atomic E-state index is 12.1. The van der Waals surface area contributed by atoms with Gasteiger partial charge in [0.25, 0.3) is 0 Å². The van der Waals surface area contributed by atoms with Crippen molar-refractivity contribution < 1.29 is 13.2 Å². The molecular formula is C13H17BrN2O3S. The van der Waals surface area contributed by atoms with Crippen LogP contribution in [0.15, 0.2) is 21.5 Å². The molecule has 1 amide bonds. The molecule has 1 aliphatic carbocycles. The normalized spacial score (nSPS) is 20.6. The Kier molecular flexibility index (Phi) is 3.73. The molecule has 1 aromatic rings. The number of carbonyl (C=O) groups is 1. The summed E-state index contributed by atoms with van der Waals surface area (Å²) in [5, 5.41) is 7.96. The molecule has 1 atom stereocenters. The van der Waals surface area contributed by atoms with Crippen molar-refractivity contribution in [2.75, 3.05) is 5.32 Å². The number of nitrogens with two attached hydrogens (primary N) is 1. The summed E-state index contributed by atoms with van der Waals surface area (Å²) in [5.74, 6) is -0.0360. The summed E-state index contributed by atoms with van der Waals surface area (Å²) in [6.45, 7) is 5.73. The fourth-order valence-electron chi connectivity index (χ4n) is 2.20. The number of hydrogen-bond acceptors (Lipinski definition) is 3.